The molecule has 0 spiro atoms. The lowest BCUT2D eigenvalue weighted by molar-refractivity contribution is 1.09. The molecule has 0 aromatic heterocycles. The van der Waals surface area contributed by atoms with E-state index < -0.39 is 0 Å². The molecule has 0 aromatic carbocycles. The van der Waals surface area contributed by atoms with E-state index in [9.17, 15) is 0 Å². The summed E-state index contributed by atoms with van der Waals surface area (Å²) in [5.74, 6) is 0. The van der Waals surface area contributed by atoms with Gasteiger partial charge in [0.2, 0.25) is 0 Å². The van der Waals surface area contributed by atoms with Gasteiger partial charge in [0.1, 0.15) is 0 Å². The molecule has 14 heavy (non-hydrogen) atoms. The van der Waals surface area contributed by atoms with Crippen LogP contribution in [0, 0.1) is 0 Å². The molecule has 0 radical (unpaired) electrons. The van der Waals surface area contributed by atoms with Gasteiger partial charge in [0.25, 0.3) is 0 Å². The zero-order chi connectivity index (χ0) is 10.6. The minimum Gasteiger partial charge on any atom is -0.184 e. The summed E-state index contributed by atoms with van der Waals surface area (Å²) in [5, 5.41) is 15.2. The minimum atomic E-state index is 0.811. The summed E-state index contributed by atoms with van der Waals surface area (Å²) in [4.78, 5) is 0. The fourth-order valence-electron chi connectivity index (χ4n) is 0.895. The summed E-state index contributed by atoms with van der Waals surface area (Å²) in [7, 11) is 0. The molecule has 0 fully saturated rings. The summed E-state index contributed by atoms with van der Waals surface area (Å²) >= 11 is 0. The number of nitrogens with zero attached hydrogens (tertiary/aromatic N) is 4. The molecule has 76 valence electrons. The molecule has 2 rings (SSSR count). The molecule has 0 saturated carbocycles. The van der Waals surface area contributed by atoms with E-state index in [1.165, 1.54) is 11.1 Å². The summed E-state index contributed by atoms with van der Waals surface area (Å²) < 4.78 is 0. The van der Waals surface area contributed by atoms with Crippen LogP contribution in [0.3, 0.4) is 0 Å². The Labute approximate surface area is 84.5 Å². The topological polar surface area (TPSA) is 49.4 Å². The molecule has 2 heterocycles. The third-order valence-electron chi connectivity index (χ3n) is 2.29. The second kappa shape index (κ2) is 4.79. The summed E-state index contributed by atoms with van der Waals surface area (Å²) in [6.45, 7) is 9.68. The van der Waals surface area contributed by atoms with Gasteiger partial charge in [0, 0.05) is 0 Å². The lowest BCUT2D eigenvalue weighted by Gasteiger charge is -1.82. The molecule has 0 saturated heterocycles. The van der Waals surface area contributed by atoms with E-state index in [4.69, 9.17) is 0 Å². The van der Waals surface area contributed by atoms with Crippen LogP contribution in [-0.2, 0) is 0 Å². The van der Waals surface area contributed by atoms with Crippen molar-refractivity contribution in [1.82, 2.24) is 0 Å². The van der Waals surface area contributed by atoms with Crippen LogP contribution in [-0.4, -0.2) is 13.1 Å². The Morgan fingerprint density at radius 1 is 0.714 bits per heavy atom. The monoisotopic (exact) mass is 192 g/mol. The van der Waals surface area contributed by atoms with Gasteiger partial charge in [-0.25, -0.2) is 0 Å². The fourth-order valence-corrected chi connectivity index (χ4v) is 0.895. The van der Waals surface area contributed by atoms with Crippen LogP contribution in [0.4, 0.5) is 0 Å². The van der Waals surface area contributed by atoms with Crippen molar-refractivity contribution in [2.24, 2.45) is 20.5 Å². The minimum absolute atomic E-state index is 0.811. The largest absolute Gasteiger partial charge is 0.184 e. The average Bonchev–Trinajstić information content (AvgIpc) is 2.67. The predicted octanol–water partition coefficient (Wildman–Crippen LogP) is 3.49. The molecular weight excluding hydrogens is 176 g/mol. The second-order valence-electron chi connectivity index (χ2n) is 3.53. The number of hydrogen-bond donors (Lipinski definition) is 0. The van der Waals surface area contributed by atoms with E-state index in [1.54, 1.807) is 0 Å². The highest BCUT2D eigenvalue weighted by molar-refractivity contribution is 5.12. The van der Waals surface area contributed by atoms with Crippen LogP contribution >= 0.6 is 0 Å². The van der Waals surface area contributed by atoms with Crippen LogP contribution in [0.2, 0.25) is 0 Å². The number of azo groups is 2. The van der Waals surface area contributed by atoms with E-state index in [0.717, 1.165) is 24.5 Å². The molecule has 0 bridgehead atoms. The van der Waals surface area contributed by atoms with E-state index in [-0.39, 0.29) is 0 Å². The third kappa shape index (κ3) is 2.87. The van der Waals surface area contributed by atoms with E-state index in [2.05, 4.69) is 34.3 Å². The van der Waals surface area contributed by atoms with Gasteiger partial charge in [-0.05, 0) is 38.8 Å². The molecule has 2 aliphatic rings. The van der Waals surface area contributed by atoms with Crippen molar-refractivity contribution >= 4 is 0 Å². The van der Waals surface area contributed by atoms with Gasteiger partial charge in [-0.15, -0.1) is 0 Å². The first-order valence-corrected chi connectivity index (χ1v) is 4.69. The molecule has 2 aliphatic heterocycles. The molecule has 4 heteroatoms. The van der Waals surface area contributed by atoms with Gasteiger partial charge in [-0.2, -0.15) is 20.5 Å². The van der Waals surface area contributed by atoms with Crippen molar-refractivity contribution in [2.75, 3.05) is 13.1 Å². The highest BCUT2D eigenvalue weighted by atomic mass is 15.1. The Balaban J connectivity index is 0.000000140. The van der Waals surface area contributed by atoms with Gasteiger partial charge in [-0.3, -0.25) is 0 Å². The first-order valence-electron chi connectivity index (χ1n) is 4.69. The maximum absolute atomic E-state index is 3.82. The van der Waals surface area contributed by atoms with Gasteiger partial charge < -0.3 is 0 Å². The zero-order valence-corrected chi connectivity index (χ0v) is 9.20. The second-order valence-corrected chi connectivity index (χ2v) is 3.53. The molecule has 0 aliphatic carbocycles. The van der Waals surface area contributed by atoms with Crippen molar-refractivity contribution < 1.29 is 0 Å². The van der Waals surface area contributed by atoms with Crippen LogP contribution in [0.1, 0.15) is 27.7 Å². The number of rotatable bonds is 0. The summed E-state index contributed by atoms with van der Waals surface area (Å²) in [6, 6.07) is 0. The SMILES string of the molecule is CC1=C(C)N=NC1.CC1=C(C)N=NC1. The maximum Gasteiger partial charge on any atom is 0.0831 e. The van der Waals surface area contributed by atoms with Gasteiger partial charge >= 0.3 is 0 Å². The molecule has 0 N–H and O–H groups in total. The van der Waals surface area contributed by atoms with Gasteiger partial charge in [-0.1, -0.05) is 0 Å². The molecule has 0 amide bonds. The van der Waals surface area contributed by atoms with E-state index in [1.807, 2.05) is 13.8 Å². The van der Waals surface area contributed by atoms with Gasteiger partial charge in [0.15, 0.2) is 0 Å². The summed E-state index contributed by atoms with van der Waals surface area (Å²) in [6.07, 6.45) is 0. The van der Waals surface area contributed by atoms with Crippen molar-refractivity contribution in [3.8, 4) is 0 Å². The van der Waals surface area contributed by atoms with Crippen LogP contribution in [0.25, 0.3) is 0 Å². The Bertz CT molecular complexity index is 300. The first kappa shape index (κ1) is 10.8. The van der Waals surface area contributed by atoms with Crippen LogP contribution < -0.4 is 0 Å². The standard InChI is InChI=1S/2C5H8N2/c2*1-4-3-6-7-5(4)2/h2*3H2,1-2H3. The van der Waals surface area contributed by atoms with Crippen molar-refractivity contribution in [1.29, 1.82) is 0 Å². The molecule has 0 unspecified atom stereocenters. The molecule has 0 aromatic rings. The normalized spacial score (nSPS) is 19.1. The Kier molecular flexibility index (Phi) is 3.68. The Morgan fingerprint density at radius 3 is 1.14 bits per heavy atom. The smallest absolute Gasteiger partial charge is 0.0831 e. The average molecular weight is 192 g/mol. The number of allylic oxidation sites excluding steroid dienone is 2. The van der Waals surface area contributed by atoms with Crippen LogP contribution in [0.15, 0.2) is 43.0 Å². The molecule has 0 atom stereocenters. The van der Waals surface area contributed by atoms with Crippen LogP contribution in [0.5, 0.6) is 0 Å². The summed E-state index contributed by atoms with van der Waals surface area (Å²) in [5.41, 5.74) is 4.75. The van der Waals surface area contributed by atoms with E-state index in [0.29, 0.717) is 0 Å². The van der Waals surface area contributed by atoms with Crippen molar-refractivity contribution in [3.63, 3.8) is 0 Å². The fraction of sp³-hybridized carbons (Fsp3) is 0.600. The molecule has 4 nitrogen and oxygen atoms in total. The lowest BCUT2D eigenvalue weighted by Crippen LogP contribution is -1.74. The number of hydrogen-bond acceptors (Lipinski definition) is 4. The highest BCUT2D eigenvalue weighted by Gasteiger charge is 1.99. The maximum atomic E-state index is 3.82. The quantitative estimate of drug-likeness (QED) is 0.564. The lowest BCUT2D eigenvalue weighted by atomic mass is 10.3. The Hall–Kier alpha value is -1.32. The van der Waals surface area contributed by atoms with Gasteiger partial charge in [0.05, 0.1) is 24.5 Å². The predicted molar refractivity (Wildman–Crippen MR) is 56.2 cm³/mol. The van der Waals surface area contributed by atoms with Crippen molar-refractivity contribution in [3.05, 3.63) is 22.5 Å². The van der Waals surface area contributed by atoms with E-state index >= 15 is 0 Å². The molecular formula is C10H16N4. The zero-order valence-electron chi connectivity index (χ0n) is 9.20. The highest BCUT2D eigenvalue weighted by Crippen LogP contribution is 2.12. The third-order valence-corrected chi connectivity index (χ3v) is 2.29. The first-order chi connectivity index (χ1) is 6.61. The van der Waals surface area contributed by atoms with Crippen molar-refractivity contribution in [2.45, 2.75) is 27.7 Å². The Morgan fingerprint density at radius 2 is 1.07 bits per heavy atom.